The second-order valence-corrected chi connectivity index (χ2v) is 4.44. The van der Waals surface area contributed by atoms with E-state index in [1.54, 1.807) is 19.2 Å². The van der Waals surface area contributed by atoms with Crippen molar-refractivity contribution in [2.45, 2.75) is 5.92 Å². The normalized spacial score (nSPS) is 12.3. The Labute approximate surface area is 100 Å². The fourth-order valence-electron chi connectivity index (χ4n) is 1.85. The molecule has 1 heterocycles. The number of alkyl halides is 2. The number of aromatic nitrogens is 1. The average molecular weight is 289 g/mol. The van der Waals surface area contributed by atoms with Crippen molar-refractivity contribution in [3.05, 3.63) is 34.4 Å². The van der Waals surface area contributed by atoms with Gasteiger partial charge in [0.2, 0.25) is 0 Å². The quantitative estimate of drug-likeness (QED) is 0.905. The third kappa shape index (κ3) is 1.55. The predicted octanol–water partition coefficient (Wildman–Crippen LogP) is 2.99. The Balaban J connectivity index is 2.81. The Morgan fingerprint density at radius 3 is 2.56 bits per heavy atom. The van der Waals surface area contributed by atoms with E-state index in [0.717, 1.165) is 10.9 Å². The van der Waals surface area contributed by atoms with Gasteiger partial charge in [-0.05, 0) is 22.0 Å². The molecule has 1 aromatic heterocycles. The van der Waals surface area contributed by atoms with E-state index in [1.807, 2.05) is 12.1 Å². The van der Waals surface area contributed by atoms with Crippen molar-refractivity contribution in [3.63, 3.8) is 0 Å². The number of nitrogens with zero attached hydrogens (tertiary/aromatic N) is 1. The van der Waals surface area contributed by atoms with Crippen molar-refractivity contribution < 1.29 is 8.78 Å². The lowest BCUT2D eigenvalue weighted by atomic mass is 10.2. The van der Waals surface area contributed by atoms with Crippen LogP contribution in [0.5, 0.6) is 0 Å². The van der Waals surface area contributed by atoms with Gasteiger partial charge in [0.05, 0.1) is 11.0 Å². The van der Waals surface area contributed by atoms with Crippen LogP contribution in [0.1, 0.15) is 5.69 Å². The molecule has 0 radical (unpaired) electrons. The maximum atomic E-state index is 13.7. The summed E-state index contributed by atoms with van der Waals surface area (Å²) in [6.45, 7) is -0.699. The van der Waals surface area contributed by atoms with Crippen LogP contribution in [-0.4, -0.2) is 11.1 Å². The number of hydrogen-bond acceptors (Lipinski definition) is 1. The Morgan fingerprint density at radius 2 is 2.00 bits per heavy atom. The monoisotopic (exact) mass is 288 g/mol. The zero-order chi connectivity index (χ0) is 11.9. The molecular weight excluding hydrogens is 278 g/mol. The summed E-state index contributed by atoms with van der Waals surface area (Å²) >= 11 is 3.22. The average Bonchev–Trinajstić information content (AvgIpc) is 2.53. The highest BCUT2D eigenvalue weighted by atomic mass is 79.9. The summed E-state index contributed by atoms with van der Waals surface area (Å²) in [5, 5.41) is 0.771. The van der Waals surface area contributed by atoms with E-state index in [9.17, 15) is 8.78 Å². The number of para-hydroxylation sites is 1. The molecule has 0 fully saturated rings. The molecule has 0 amide bonds. The Hall–Kier alpha value is -0.940. The summed E-state index contributed by atoms with van der Waals surface area (Å²) in [6, 6.07) is 7.24. The topological polar surface area (TPSA) is 30.9 Å². The van der Waals surface area contributed by atoms with E-state index in [4.69, 9.17) is 5.73 Å². The SMILES string of the molecule is Cn1c(C(F)(F)CN)c(Br)c2ccccc21. The van der Waals surface area contributed by atoms with E-state index >= 15 is 0 Å². The van der Waals surface area contributed by atoms with Crippen LogP contribution < -0.4 is 5.73 Å². The van der Waals surface area contributed by atoms with Crippen LogP contribution in [0.15, 0.2) is 28.7 Å². The molecule has 86 valence electrons. The zero-order valence-corrected chi connectivity index (χ0v) is 10.3. The number of nitrogens with two attached hydrogens (primary N) is 1. The highest BCUT2D eigenvalue weighted by Gasteiger charge is 2.36. The smallest absolute Gasteiger partial charge is 0.300 e. The van der Waals surface area contributed by atoms with Crippen molar-refractivity contribution in [3.8, 4) is 0 Å². The van der Waals surface area contributed by atoms with E-state index in [0.29, 0.717) is 4.47 Å². The fourth-order valence-corrected chi connectivity index (χ4v) is 2.74. The van der Waals surface area contributed by atoms with Crippen LogP contribution in [0.3, 0.4) is 0 Å². The Kier molecular flexibility index (Phi) is 2.75. The lowest BCUT2D eigenvalue weighted by Gasteiger charge is -2.15. The van der Waals surface area contributed by atoms with Crippen molar-refractivity contribution >= 4 is 26.8 Å². The summed E-state index contributed by atoms with van der Waals surface area (Å²) in [5.74, 6) is -3.02. The third-order valence-corrected chi connectivity index (χ3v) is 3.45. The first kappa shape index (κ1) is 11.5. The maximum absolute atomic E-state index is 13.7. The Bertz CT molecular complexity index is 495. The molecule has 0 unspecified atom stereocenters. The standard InChI is InChI=1S/C11H11BrF2N2/c1-16-8-5-3-2-4-7(8)9(12)10(16)11(13,14)6-15/h2-5H,6,15H2,1H3. The lowest BCUT2D eigenvalue weighted by molar-refractivity contribution is -0.00176. The minimum atomic E-state index is -3.02. The minimum absolute atomic E-state index is 0.0730. The van der Waals surface area contributed by atoms with Gasteiger partial charge in [0.1, 0.15) is 5.69 Å². The second kappa shape index (κ2) is 3.82. The first-order chi connectivity index (χ1) is 7.49. The first-order valence-corrected chi connectivity index (χ1v) is 5.59. The molecule has 5 heteroatoms. The molecule has 0 aliphatic rings. The molecule has 0 atom stereocenters. The summed E-state index contributed by atoms with van der Waals surface area (Å²) in [7, 11) is 1.62. The molecule has 16 heavy (non-hydrogen) atoms. The molecule has 0 bridgehead atoms. The molecule has 1 aromatic carbocycles. The van der Waals surface area contributed by atoms with Gasteiger partial charge in [-0.3, -0.25) is 0 Å². The van der Waals surface area contributed by atoms with Crippen LogP contribution in [0.2, 0.25) is 0 Å². The van der Waals surface area contributed by atoms with Gasteiger partial charge in [0.25, 0.3) is 0 Å². The van der Waals surface area contributed by atoms with E-state index in [1.165, 1.54) is 4.57 Å². The Morgan fingerprint density at radius 1 is 1.38 bits per heavy atom. The number of hydrogen-bond donors (Lipinski definition) is 1. The number of fused-ring (bicyclic) bond motifs is 1. The van der Waals surface area contributed by atoms with E-state index in [-0.39, 0.29) is 5.69 Å². The van der Waals surface area contributed by atoms with Crippen molar-refractivity contribution in [2.75, 3.05) is 6.54 Å². The molecule has 2 N–H and O–H groups in total. The molecular formula is C11H11BrF2N2. The first-order valence-electron chi connectivity index (χ1n) is 4.80. The number of aryl methyl sites for hydroxylation is 1. The zero-order valence-electron chi connectivity index (χ0n) is 8.67. The van der Waals surface area contributed by atoms with E-state index < -0.39 is 12.5 Å². The van der Waals surface area contributed by atoms with Gasteiger partial charge in [-0.15, -0.1) is 0 Å². The highest BCUT2D eigenvalue weighted by molar-refractivity contribution is 9.10. The molecule has 0 spiro atoms. The second-order valence-electron chi connectivity index (χ2n) is 3.65. The van der Waals surface area contributed by atoms with Gasteiger partial charge in [-0.2, -0.15) is 8.78 Å². The van der Waals surface area contributed by atoms with Crippen LogP contribution in [-0.2, 0) is 13.0 Å². The molecule has 0 saturated heterocycles. The highest BCUT2D eigenvalue weighted by Crippen LogP contribution is 2.38. The van der Waals surface area contributed by atoms with Crippen LogP contribution in [0.4, 0.5) is 8.78 Å². The van der Waals surface area contributed by atoms with E-state index in [2.05, 4.69) is 15.9 Å². The van der Waals surface area contributed by atoms with Crippen molar-refractivity contribution in [1.82, 2.24) is 4.57 Å². The molecule has 0 saturated carbocycles. The summed E-state index contributed by atoms with van der Waals surface area (Å²) < 4.78 is 29.2. The number of halogens is 3. The van der Waals surface area contributed by atoms with Crippen LogP contribution >= 0.6 is 15.9 Å². The number of rotatable bonds is 2. The summed E-state index contributed by atoms with van der Waals surface area (Å²) in [4.78, 5) is 0. The van der Waals surface area contributed by atoms with Gasteiger partial charge in [-0.25, -0.2) is 0 Å². The number of benzene rings is 1. The largest absolute Gasteiger partial charge is 0.342 e. The van der Waals surface area contributed by atoms with Gasteiger partial charge in [0, 0.05) is 18.0 Å². The predicted molar refractivity (Wildman–Crippen MR) is 63.6 cm³/mol. The van der Waals surface area contributed by atoms with Crippen LogP contribution in [0.25, 0.3) is 10.9 Å². The molecule has 0 aliphatic carbocycles. The molecule has 2 aromatic rings. The summed E-state index contributed by atoms with van der Waals surface area (Å²) in [5.41, 5.74) is 5.80. The minimum Gasteiger partial charge on any atom is -0.342 e. The lowest BCUT2D eigenvalue weighted by Crippen LogP contribution is -2.27. The molecule has 2 rings (SSSR count). The summed E-state index contributed by atoms with van der Waals surface area (Å²) in [6.07, 6.45) is 0. The van der Waals surface area contributed by atoms with Crippen LogP contribution in [0, 0.1) is 0 Å². The van der Waals surface area contributed by atoms with Crippen molar-refractivity contribution in [2.24, 2.45) is 12.8 Å². The molecule has 0 aliphatic heterocycles. The molecule has 2 nitrogen and oxygen atoms in total. The van der Waals surface area contributed by atoms with Crippen molar-refractivity contribution in [1.29, 1.82) is 0 Å². The maximum Gasteiger partial charge on any atom is 0.300 e. The third-order valence-electron chi connectivity index (χ3n) is 2.65. The van der Waals surface area contributed by atoms with Gasteiger partial charge in [-0.1, -0.05) is 18.2 Å². The van der Waals surface area contributed by atoms with Gasteiger partial charge >= 0.3 is 5.92 Å². The fraction of sp³-hybridized carbons (Fsp3) is 0.273. The van der Waals surface area contributed by atoms with Gasteiger partial charge < -0.3 is 10.3 Å². The van der Waals surface area contributed by atoms with Gasteiger partial charge in [0.15, 0.2) is 0 Å².